The molecule has 72 valence electrons. The molecule has 1 aliphatic rings. The van der Waals surface area contributed by atoms with E-state index in [-0.39, 0.29) is 0 Å². The predicted molar refractivity (Wildman–Crippen MR) is 52.0 cm³/mol. The zero-order valence-electron chi connectivity index (χ0n) is 7.97. The second-order valence-electron chi connectivity index (χ2n) is 3.57. The first-order chi connectivity index (χ1) is 6.84. The Balaban J connectivity index is 2.13. The molecule has 0 unspecified atom stereocenters. The van der Waals surface area contributed by atoms with Crippen LogP contribution in [0.3, 0.4) is 0 Å². The van der Waals surface area contributed by atoms with Crippen LogP contribution in [0.4, 0.5) is 0 Å². The number of epoxide rings is 1. The lowest BCUT2D eigenvalue weighted by Crippen LogP contribution is -2.06. The smallest absolute Gasteiger partial charge is 0.160 e. The molecule has 3 rings (SSSR count). The molecule has 14 heavy (non-hydrogen) atoms. The molecular formula is C10H11N3O. The zero-order valence-corrected chi connectivity index (χ0v) is 7.97. The van der Waals surface area contributed by atoms with Crippen molar-refractivity contribution in [1.82, 2.24) is 14.5 Å². The van der Waals surface area contributed by atoms with Crippen molar-refractivity contribution in [2.24, 2.45) is 0 Å². The van der Waals surface area contributed by atoms with Crippen molar-refractivity contribution in [3.63, 3.8) is 0 Å². The van der Waals surface area contributed by atoms with Crippen molar-refractivity contribution in [1.29, 1.82) is 0 Å². The summed E-state index contributed by atoms with van der Waals surface area (Å²) in [5.41, 5.74) is 1.92. The summed E-state index contributed by atoms with van der Waals surface area (Å²) in [5.74, 6) is 1.01. The van der Waals surface area contributed by atoms with Crippen LogP contribution in [0.25, 0.3) is 11.2 Å². The average molecular weight is 189 g/mol. The number of fused-ring (bicyclic) bond motifs is 1. The second kappa shape index (κ2) is 2.78. The first-order valence-electron chi connectivity index (χ1n) is 4.74. The SMILES string of the molecule is Cc1nc2cccnc2n1C[C@H]1CO1. The molecule has 0 amide bonds. The maximum Gasteiger partial charge on any atom is 0.160 e. The number of ether oxygens (including phenoxy) is 1. The van der Waals surface area contributed by atoms with E-state index in [1.54, 1.807) is 6.20 Å². The summed E-state index contributed by atoms with van der Waals surface area (Å²) in [4.78, 5) is 8.77. The van der Waals surface area contributed by atoms with Gasteiger partial charge in [-0.25, -0.2) is 9.97 Å². The quantitative estimate of drug-likeness (QED) is 0.665. The average Bonchev–Trinajstić information content (AvgIpc) is 2.93. The van der Waals surface area contributed by atoms with Crippen LogP contribution in [0.2, 0.25) is 0 Å². The Bertz CT molecular complexity index is 473. The Hall–Kier alpha value is -1.42. The van der Waals surface area contributed by atoms with Crippen LogP contribution in [0.1, 0.15) is 5.82 Å². The Morgan fingerprint density at radius 3 is 3.29 bits per heavy atom. The van der Waals surface area contributed by atoms with Gasteiger partial charge in [0.2, 0.25) is 0 Å². The largest absolute Gasteiger partial charge is 0.371 e. The molecule has 4 heteroatoms. The number of aromatic nitrogens is 3. The van der Waals surface area contributed by atoms with Crippen molar-refractivity contribution in [3.05, 3.63) is 24.2 Å². The lowest BCUT2D eigenvalue weighted by Gasteiger charge is -2.01. The fourth-order valence-electron chi connectivity index (χ4n) is 1.67. The Labute approximate surface area is 81.5 Å². The van der Waals surface area contributed by atoms with E-state index in [9.17, 15) is 0 Å². The minimum absolute atomic E-state index is 0.369. The molecule has 0 bridgehead atoms. The third-order valence-electron chi connectivity index (χ3n) is 2.48. The van der Waals surface area contributed by atoms with Gasteiger partial charge in [0.25, 0.3) is 0 Å². The molecule has 4 nitrogen and oxygen atoms in total. The fourth-order valence-corrected chi connectivity index (χ4v) is 1.67. The standard InChI is InChI=1S/C10H11N3O/c1-7-12-9-3-2-4-11-10(9)13(7)5-8-6-14-8/h2-4,8H,5-6H2,1H3/t8-/m0/s1. The number of hydrogen-bond donors (Lipinski definition) is 0. The van der Waals surface area contributed by atoms with E-state index in [0.717, 1.165) is 30.1 Å². The van der Waals surface area contributed by atoms with E-state index in [4.69, 9.17) is 4.74 Å². The van der Waals surface area contributed by atoms with Gasteiger partial charge in [0.05, 0.1) is 19.3 Å². The molecular weight excluding hydrogens is 178 g/mol. The third-order valence-corrected chi connectivity index (χ3v) is 2.48. The molecule has 2 aromatic rings. The van der Waals surface area contributed by atoms with Gasteiger partial charge < -0.3 is 9.30 Å². The van der Waals surface area contributed by atoms with E-state index in [2.05, 4.69) is 14.5 Å². The van der Waals surface area contributed by atoms with E-state index in [1.807, 2.05) is 19.1 Å². The predicted octanol–water partition coefficient (Wildman–Crippen LogP) is 1.14. The number of nitrogens with zero attached hydrogens (tertiary/aromatic N) is 3. The van der Waals surface area contributed by atoms with Crippen LogP contribution < -0.4 is 0 Å². The highest BCUT2D eigenvalue weighted by Crippen LogP contribution is 2.18. The van der Waals surface area contributed by atoms with E-state index >= 15 is 0 Å². The first kappa shape index (κ1) is 7.94. The molecule has 0 saturated carbocycles. The maximum atomic E-state index is 5.21. The highest BCUT2D eigenvalue weighted by atomic mass is 16.6. The summed E-state index contributed by atoms with van der Waals surface area (Å²) in [7, 11) is 0. The van der Waals surface area contributed by atoms with E-state index in [0.29, 0.717) is 6.10 Å². The lowest BCUT2D eigenvalue weighted by atomic mass is 10.4. The van der Waals surface area contributed by atoms with E-state index in [1.165, 1.54) is 0 Å². The van der Waals surface area contributed by atoms with Gasteiger partial charge in [-0.3, -0.25) is 0 Å². The van der Waals surface area contributed by atoms with Crippen LogP contribution in [0, 0.1) is 6.92 Å². The highest BCUT2D eigenvalue weighted by molar-refractivity contribution is 5.71. The summed E-state index contributed by atoms with van der Waals surface area (Å²) in [6, 6.07) is 3.90. The number of rotatable bonds is 2. The molecule has 0 N–H and O–H groups in total. The lowest BCUT2D eigenvalue weighted by molar-refractivity contribution is 0.383. The van der Waals surface area contributed by atoms with Gasteiger partial charge in [-0.05, 0) is 19.1 Å². The molecule has 1 atom stereocenters. The van der Waals surface area contributed by atoms with Crippen molar-refractivity contribution < 1.29 is 4.74 Å². The van der Waals surface area contributed by atoms with Gasteiger partial charge in [-0.2, -0.15) is 0 Å². The topological polar surface area (TPSA) is 43.2 Å². The van der Waals surface area contributed by atoms with Crippen molar-refractivity contribution in [3.8, 4) is 0 Å². The summed E-state index contributed by atoms with van der Waals surface area (Å²) in [5, 5.41) is 0. The van der Waals surface area contributed by atoms with Gasteiger partial charge in [-0.15, -0.1) is 0 Å². The summed E-state index contributed by atoms with van der Waals surface area (Å²) in [6.45, 7) is 3.75. The molecule has 0 aliphatic carbocycles. The summed E-state index contributed by atoms with van der Waals surface area (Å²) in [6.07, 6.45) is 2.17. The number of aryl methyl sites for hydroxylation is 1. The van der Waals surface area contributed by atoms with Crippen LogP contribution in [0.5, 0.6) is 0 Å². The van der Waals surface area contributed by atoms with Crippen molar-refractivity contribution >= 4 is 11.2 Å². The fraction of sp³-hybridized carbons (Fsp3) is 0.400. The molecule has 0 spiro atoms. The number of imidazole rings is 1. The van der Waals surface area contributed by atoms with Gasteiger partial charge in [0.1, 0.15) is 11.3 Å². The minimum atomic E-state index is 0.369. The van der Waals surface area contributed by atoms with Crippen LogP contribution in [-0.2, 0) is 11.3 Å². The Kier molecular flexibility index (Phi) is 1.58. The third kappa shape index (κ3) is 1.19. The number of hydrogen-bond acceptors (Lipinski definition) is 3. The normalized spacial score (nSPS) is 20.2. The second-order valence-corrected chi connectivity index (χ2v) is 3.57. The molecule has 0 aromatic carbocycles. The molecule has 2 aromatic heterocycles. The van der Waals surface area contributed by atoms with Gasteiger partial charge in [0.15, 0.2) is 5.65 Å². The van der Waals surface area contributed by atoms with Crippen LogP contribution in [-0.4, -0.2) is 27.2 Å². The Morgan fingerprint density at radius 1 is 1.64 bits per heavy atom. The van der Waals surface area contributed by atoms with Crippen LogP contribution >= 0.6 is 0 Å². The van der Waals surface area contributed by atoms with Gasteiger partial charge in [-0.1, -0.05) is 0 Å². The molecule has 1 fully saturated rings. The monoisotopic (exact) mass is 189 g/mol. The van der Waals surface area contributed by atoms with Crippen LogP contribution in [0.15, 0.2) is 18.3 Å². The number of pyridine rings is 1. The van der Waals surface area contributed by atoms with Crippen molar-refractivity contribution in [2.45, 2.75) is 19.6 Å². The van der Waals surface area contributed by atoms with Crippen molar-refractivity contribution in [2.75, 3.05) is 6.61 Å². The summed E-state index contributed by atoms with van der Waals surface area (Å²) < 4.78 is 7.33. The minimum Gasteiger partial charge on any atom is -0.371 e. The molecule has 3 heterocycles. The molecule has 1 saturated heterocycles. The van der Waals surface area contributed by atoms with Gasteiger partial charge >= 0.3 is 0 Å². The van der Waals surface area contributed by atoms with Gasteiger partial charge in [0, 0.05) is 6.20 Å². The highest BCUT2D eigenvalue weighted by Gasteiger charge is 2.24. The summed E-state index contributed by atoms with van der Waals surface area (Å²) >= 11 is 0. The zero-order chi connectivity index (χ0) is 9.54. The maximum absolute atomic E-state index is 5.21. The van der Waals surface area contributed by atoms with E-state index < -0.39 is 0 Å². The molecule has 1 aliphatic heterocycles. The Morgan fingerprint density at radius 2 is 2.50 bits per heavy atom. The first-order valence-corrected chi connectivity index (χ1v) is 4.74. The molecule has 0 radical (unpaired) electrons.